The van der Waals surface area contributed by atoms with E-state index >= 15 is 0 Å². The molecule has 2 rings (SSSR count). The summed E-state index contributed by atoms with van der Waals surface area (Å²) in [4.78, 5) is 23.8. The first-order chi connectivity index (χ1) is 11.0. The van der Waals surface area contributed by atoms with E-state index in [1.165, 1.54) is 6.42 Å². The van der Waals surface area contributed by atoms with Crippen molar-refractivity contribution >= 4 is 11.9 Å². The molecule has 1 amide bonds. The molecule has 6 nitrogen and oxygen atoms in total. The summed E-state index contributed by atoms with van der Waals surface area (Å²) in [6, 6.07) is -0.918. The topological polar surface area (TPSA) is 84.2 Å². The Kier molecular flexibility index (Phi) is 5.96. The Morgan fingerprint density at radius 1 is 1.43 bits per heavy atom. The third-order valence-corrected chi connectivity index (χ3v) is 4.30. The minimum absolute atomic E-state index is 0.274. The average Bonchev–Trinajstić information content (AvgIpc) is 2.94. The van der Waals surface area contributed by atoms with Crippen LogP contribution in [0, 0.1) is 0 Å². The van der Waals surface area contributed by atoms with E-state index < -0.39 is 12.0 Å². The number of carbonyl (C=O) groups is 2. The fourth-order valence-electron chi connectivity index (χ4n) is 3.09. The molecule has 1 atom stereocenters. The predicted molar refractivity (Wildman–Crippen MR) is 87.4 cm³/mol. The Morgan fingerprint density at radius 3 is 2.74 bits per heavy atom. The van der Waals surface area contributed by atoms with Crippen LogP contribution in [-0.2, 0) is 11.8 Å². The van der Waals surface area contributed by atoms with Crippen molar-refractivity contribution in [3.8, 4) is 0 Å². The summed E-state index contributed by atoms with van der Waals surface area (Å²) in [5.41, 5.74) is 1.31. The van der Waals surface area contributed by atoms with Crippen molar-refractivity contribution in [1.29, 1.82) is 0 Å². The first-order valence-electron chi connectivity index (χ1n) is 8.21. The molecule has 23 heavy (non-hydrogen) atoms. The van der Waals surface area contributed by atoms with Gasteiger partial charge in [0.2, 0.25) is 0 Å². The molecule has 1 aliphatic rings. The quantitative estimate of drug-likeness (QED) is 0.789. The molecule has 2 N–H and O–H groups in total. The number of hydrogen-bond acceptors (Lipinski definition) is 3. The van der Waals surface area contributed by atoms with Crippen LogP contribution < -0.4 is 5.32 Å². The second-order valence-corrected chi connectivity index (χ2v) is 6.11. The molecule has 1 unspecified atom stereocenters. The van der Waals surface area contributed by atoms with Crippen molar-refractivity contribution in [2.24, 2.45) is 7.05 Å². The van der Waals surface area contributed by atoms with E-state index in [-0.39, 0.29) is 12.3 Å². The third-order valence-electron chi connectivity index (χ3n) is 4.30. The van der Waals surface area contributed by atoms with E-state index in [4.69, 9.17) is 0 Å². The smallest absolute Gasteiger partial charge is 0.326 e. The number of carboxylic acids is 1. The number of aryl methyl sites for hydroxylation is 1. The fraction of sp³-hybridized carbons (Fsp3) is 0.588. The first kappa shape index (κ1) is 17.2. The van der Waals surface area contributed by atoms with Crippen LogP contribution in [0.1, 0.15) is 67.4 Å². The van der Waals surface area contributed by atoms with Gasteiger partial charge in [0, 0.05) is 19.2 Å². The molecule has 1 aromatic heterocycles. The Morgan fingerprint density at radius 2 is 2.13 bits per heavy atom. The lowest BCUT2D eigenvalue weighted by Crippen LogP contribution is -2.40. The highest BCUT2D eigenvalue weighted by Gasteiger charge is 2.27. The maximum Gasteiger partial charge on any atom is 0.326 e. The molecule has 0 aromatic carbocycles. The highest BCUT2D eigenvalue weighted by atomic mass is 16.4. The minimum atomic E-state index is -1.03. The van der Waals surface area contributed by atoms with E-state index in [0.29, 0.717) is 11.5 Å². The molecular formula is C17H25N3O3. The van der Waals surface area contributed by atoms with E-state index in [1.54, 1.807) is 30.1 Å². The van der Waals surface area contributed by atoms with Crippen molar-refractivity contribution in [3.05, 3.63) is 29.6 Å². The van der Waals surface area contributed by atoms with Crippen molar-refractivity contribution in [3.63, 3.8) is 0 Å². The Balaban J connectivity index is 2.16. The van der Waals surface area contributed by atoms with Gasteiger partial charge in [-0.15, -0.1) is 0 Å². The zero-order chi connectivity index (χ0) is 16.8. The monoisotopic (exact) mass is 319 g/mol. The van der Waals surface area contributed by atoms with Gasteiger partial charge in [-0.25, -0.2) is 4.79 Å². The molecule has 0 bridgehead atoms. The fourth-order valence-corrected chi connectivity index (χ4v) is 3.09. The molecular weight excluding hydrogens is 294 g/mol. The number of aromatic nitrogens is 2. The number of carboxylic acid groups (broad SMARTS) is 1. The number of rotatable bonds is 6. The zero-order valence-electron chi connectivity index (χ0n) is 13.8. The lowest BCUT2D eigenvalue weighted by molar-refractivity contribution is -0.139. The van der Waals surface area contributed by atoms with Gasteiger partial charge < -0.3 is 10.4 Å². The van der Waals surface area contributed by atoms with E-state index in [9.17, 15) is 14.7 Å². The zero-order valence-corrected chi connectivity index (χ0v) is 13.8. The summed E-state index contributed by atoms with van der Waals surface area (Å²) < 4.78 is 1.64. The summed E-state index contributed by atoms with van der Waals surface area (Å²) in [6.07, 6.45) is 11.1. The van der Waals surface area contributed by atoms with Gasteiger partial charge in [0.05, 0.1) is 11.3 Å². The molecule has 1 heterocycles. The second-order valence-electron chi connectivity index (χ2n) is 6.11. The third kappa shape index (κ3) is 4.43. The molecule has 0 spiro atoms. The maximum absolute atomic E-state index is 12.5. The molecule has 1 aromatic rings. The van der Waals surface area contributed by atoms with Gasteiger partial charge in [-0.3, -0.25) is 9.48 Å². The molecule has 0 saturated heterocycles. The van der Waals surface area contributed by atoms with Crippen LogP contribution in [0.4, 0.5) is 0 Å². The largest absolute Gasteiger partial charge is 0.480 e. The van der Waals surface area contributed by atoms with Gasteiger partial charge in [0.25, 0.3) is 5.91 Å². The predicted octanol–water partition coefficient (Wildman–Crippen LogP) is 2.62. The summed E-state index contributed by atoms with van der Waals surface area (Å²) in [6.45, 7) is 1.82. The summed E-state index contributed by atoms with van der Waals surface area (Å²) in [5, 5.41) is 16.3. The molecule has 1 saturated carbocycles. The number of aliphatic carboxylic acids is 1. The Bertz CT molecular complexity index is 586. The standard InChI is InChI=1S/C17H25N3O3/c1-3-4-10-14(17(22)23)18-16(21)13-11-20(2)19-15(13)12-8-6-5-7-9-12/h3-4,11-12,14H,5-10H2,1-2H3,(H,18,21)(H,22,23)/b4-3+. The summed E-state index contributed by atoms with van der Waals surface area (Å²) in [5.74, 6) is -1.08. The van der Waals surface area contributed by atoms with Gasteiger partial charge in [0.1, 0.15) is 6.04 Å². The first-order valence-corrected chi connectivity index (χ1v) is 8.21. The van der Waals surface area contributed by atoms with Gasteiger partial charge in [0.15, 0.2) is 0 Å². The number of allylic oxidation sites excluding steroid dienone is 1. The van der Waals surface area contributed by atoms with Crippen LogP contribution in [0.3, 0.4) is 0 Å². The van der Waals surface area contributed by atoms with Gasteiger partial charge >= 0.3 is 5.97 Å². The summed E-state index contributed by atoms with van der Waals surface area (Å²) in [7, 11) is 1.79. The lowest BCUT2D eigenvalue weighted by Gasteiger charge is -2.21. The number of nitrogens with one attached hydrogen (secondary N) is 1. The number of carbonyl (C=O) groups excluding carboxylic acids is 1. The molecule has 1 fully saturated rings. The molecule has 1 aliphatic carbocycles. The Hall–Kier alpha value is -2.11. The summed E-state index contributed by atoms with van der Waals surface area (Å²) >= 11 is 0. The molecule has 6 heteroatoms. The van der Waals surface area contributed by atoms with Gasteiger partial charge in [-0.05, 0) is 26.2 Å². The van der Waals surface area contributed by atoms with Crippen LogP contribution in [0.2, 0.25) is 0 Å². The van der Waals surface area contributed by atoms with Crippen LogP contribution in [-0.4, -0.2) is 32.8 Å². The molecule has 0 aliphatic heterocycles. The second kappa shape index (κ2) is 7.94. The van der Waals surface area contributed by atoms with Crippen LogP contribution in [0.5, 0.6) is 0 Å². The highest BCUT2D eigenvalue weighted by molar-refractivity contribution is 5.97. The van der Waals surface area contributed by atoms with Crippen LogP contribution in [0.15, 0.2) is 18.3 Å². The Labute approximate surface area is 136 Å². The van der Waals surface area contributed by atoms with E-state index in [2.05, 4.69) is 10.4 Å². The average molecular weight is 319 g/mol. The number of nitrogens with zero attached hydrogens (tertiary/aromatic N) is 2. The van der Waals surface area contributed by atoms with E-state index in [0.717, 1.165) is 31.4 Å². The van der Waals surface area contributed by atoms with Crippen molar-refractivity contribution in [2.75, 3.05) is 0 Å². The van der Waals surface area contributed by atoms with E-state index in [1.807, 2.05) is 6.92 Å². The number of hydrogen-bond donors (Lipinski definition) is 2. The molecule has 0 radical (unpaired) electrons. The van der Waals surface area contributed by atoms with Crippen LogP contribution >= 0.6 is 0 Å². The maximum atomic E-state index is 12.5. The molecule has 126 valence electrons. The minimum Gasteiger partial charge on any atom is -0.480 e. The lowest BCUT2D eigenvalue weighted by atomic mass is 9.85. The van der Waals surface area contributed by atoms with Crippen molar-refractivity contribution in [2.45, 2.75) is 57.4 Å². The van der Waals surface area contributed by atoms with Gasteiger partial charge in [-0.1, -0.05) is 31.4 Å². The number of amides is 1. The highest BCUT2D eigenvalue weighted by Crippen LogP contribution is 2.33. The van der Waals surface area contributed by atoms with Gasteiger partial charge in [-0.2, -0.15) is 5.10 Å². The SMILES string of the molecule is C/C=C/CC(NC(=O)c1cn(C)nc1C1CCCCC1)C(=O)O. The normalized spacial score (nSPS) is 17.3. The van der Waals surface area contributed by atoms with Crippen LogP contribution in [0.25, 0.3) is 0 Å². The van der Waals surface area contributed by atoms with Crippen molar-refractivity contribution in [1.82, 2.24) is 15.1 Å². The van der Waals surface area contributed by atoms with Crippen molar-refractivity contribution < 1.29 is 14.7 Å².